The Morgan fingerprint density at radius 1 is 1.78 bits per heavy atom. The first-order chi connectivity index (χ1) is 4.33. The molecular weight excluding hydrogens is 116 g/mol. The molecule has 3 nitrogen and oxygen atoms in total. The molecule has 0 aromatic carbocycles. The molecule has 0 saturated carbocycles. The monoisotopic (exact) mass is 126 g/mol. The normalized spacial score (nSPS) is 17.6. The van der Waals surface area contributed by atoms with E-state index < -0.39 is 0 Å². The van der Waals surface area contributed by atoms with Gasteiger partial charge in [-0.25, -0.2) is 0 Å². The quantitative estimate of drug-likeness (QED) is 0.479. The molecule has 1 heterocycles. The Balaban J connectivity index is 2.55. The van der Waals surface area contributed by atoms with Gasteiger partial charge in [-0.15, -0.1) is 5.10 Å². The molecule has 0 saturated heterocycles. The van der Waals surface area contributed by atoms with Gasteiger partial charge in [-0.2, -0.15) is 0 Å². The summed E-state index contributed by atoms with van der Waals surface area (Å²) >= 11 is 0. The summed E-state index contributed by atoms with van der Waals surface area (Å²) in [5.41, 5.74) is 0. The first-order valence-corrected chi connectivity index (χ1v) is 2.84. The summed E-state index contributed by atoms with van der Waals surface area (Å²) in [6, 6.07) is 0. The molecule has 3 heteroatoms. The smallest absolute Gasteiger partial charge is 0.209 e. The Bertz CT molecular complexity index is 151. The lowest BCUT2D eigenvalue weighted by molar-refractivity contribution is 0.360. The van der Waals surface area contributed by atoms with E-state index in [1.807, 2.05) is 19.3 Å². The van der Waals surface area contributed by atoms with Crippen LogP contribution in [-0.2, 0) is 4.74 Å². The molecule has 1 aliphatic heterocycles. The maximum absolute atomic E-state index is 4.92. The first kappa shape index (κ1) is 6.13. The number of hydrogen-bond donors (Lipinski definition) is 0. The van der Waals surface area contributed by atoms with Crippen LogP contribution in [0, 0.1) is 0 Å². The fraction of sp³-hybridized carbons (Fsp3) is 0.500. The van der Waals surface area contributed by atoms with E-state index in [4.69, 9.17) is 4.74 Å². The van der Waals surface area contributed by atoms with Crippen molar-refractivity contribution in [1.29, 1.82) is 0 Å². The van der Waals surface area contributed by atoms with Crippen molar-refractivity contribution in [2.75, 3.05) is 14.2 Å². The van der Waals surface area contributed by atoms with Gasteiger partial charge in [0.1, 0.15) is 0 Å². The molecule has 1 aliphatic rings. The van der Waals surface area contributed by atoms with Gasteiger partial charge in [-0.3, -0.25) is 5.01 Å². The van der Waals surface area contributed by atoms with E-state index >= 15 is 0 Å². The zero-order valence-electron chi connectivity index (χ0n) is 5.66. The summed E-state index contributed by atoms with van der Waals surface area (Å²) in [6.45, 7) is 0. The second-order valence-corrected chi connectivity index (χ2v) is 1.86. The molecule has 0 aromatic heterocycles. The third-order valence-corrected chi connectivity index (χ3v) is 1.12. The molecule has 0 spiro atoms. The van der Waals surface area contributed by atoms with Crippen LogP contribution < -0.4 is 0 Å². The lowest BCUT2D eigenvalue weighted by Gasteiger charge is -2.13. The fourth-order valence-corrected chi connectivity index (χ4v) is 0.680. The van der Waals surface area contributed by atoms with Crippen LogP contribution in [0.4, 0.5) is 0 Å². The number of methoxy groups -OCH3 is 1. The lowest BCUT2D eigenvalue weighted by atomic mass is 10.4. The molecule has 0 amide bonds. The zero-order valence-corrected chi connectivity index (χ0v) is 5.66. The highest BCUT2D eigenvalue weighted by molar-refractivity contribution is 5.77. The van der Waals surface area contributed by atoms with Crippen molar-refractivity contribution in [2.45, 2.75) is 6.42 Å². The van der Waals surface area contributed by atoms with Gasteiger partial charge in [0, 0.05) is 19.7 Å². The van der Waals surface area contributed by atoms with Gasteiger partial charge < -0.3 is 4.74 Å². The van der Waals surface area contributed by atoms with Gasteiger partial charge in [0.2, 0.25) is 5.90 Å². The second kappa shape index (κ2) is 2.53. The molecule has 0 unspecified atom stereocenters. The molecule has 0 aromatic rings. The van der Waals surface area contributed by atoms with Crippen LogP contribution in [-0.4, -0.2) is 25.1 Å². The number of hydrogen-bond acceptors (Lipinski definition) is 3. The average Bonchev–Trinajstić information content (AvgIpc) is 1.88. The Hall–Kier alpha value is -0.990. The Labute approximate surface area is 54.6 Å². The van der Waals surface area contributed by atoms with E-state index in [9.17, 15) is 0 Å². The van der Waals surface area contributed by atoms with Crippen molar-refractivity contribution in [3.05, 3.63) is 12.3 Å². The van der Waals surface area contributed by atoms with Crippen LogP contribution in [0.5, 0.6) is 0 Å². The van der Waals surface area contributed by atoms with Gasteiger partial charge in [0.15, 0.2) is 0 Å². The Morgan fingerprint density at radius 3 is 3.00 bits per heavy atom. The van der Waals surface area contributed by atoms with Crippen LogP contribution in [0.25, 0.3) is 0 Å². The summed E-state index contributed by atoms with van der Waals surface area (Å²) < 4.78 is 4.92. The molecule has 0 aliphatic carbocycles. The topological polar surface area (TPSA) is 24.8 Å². The SMILES string of the molecule is COC1=NN(C)C=CC1. The fourth-order valence-electron chi connectivity index (χ4n) is 0.680. The minimum atomic E-state index is 0.764. The third kappa shape index (κ3) is 1.45. The molecule has 0 fully saturated rings. The predicted octanol–water partition coefficient (Wildman–Crippen LogP) is 0.795. The largest absolute Gasteiger partial charge is 0.483 e. The Morgan fingerprint density at radius 2 is 2.56 bits per heavy atom. The summed E-state index contributed by atoms with van der Waals surface area (Å²) in [4.78, 5) is 0. The molecular formula is C6H10N2O. The van der Waals surface area contributed by atoms with Crippen LogP contribution in [0.1, 0.15) is 6.42 Å². The van der Waals surface area contributed by atoms with Crippen LogP contribution in [0.3, 0.4) is 0 Å². The molecule has 0 N–H and O–H groups in total. The van der Waals surface area contributed by atoms with Crippen molar-refractivity contribution in [2.24, 2.45) is 5.10 Å². The Kier molecular flexibility index (Phi) is 1.72. The van der Waals surface area contributed by atoms with Crippen LogP contribution in [0.2, 0.25) is 0 Å². The third-order valence-electron chi connectivity index (χ3n) is 1.12. The van der Waals surface area contributed by atoms with Gasteiger partial charge in [-0.05, 0) is 0 Å². The van der Waals surface area contributed by atoms with Crippen molar-refractivity contribution in [1.82, 2.24) is 5.01 Å². The van der Waals surface area contributed by atoms with Gasteiger partial charge in [0.05, 0.1) is 7.11 Å². The minimum absolute atomic E-state index is 0.764. The molecule has 0 radical (unpaired) electrons. The van der Waals surface area contributed by atoms with Crippen molar-refractivity contribution in [3.63, 3.8) is 0 Å². The second-order valence-electron chi connectivity index (χ2n) is 1.86. The zero-order chi connectivity index (χ0) is 6.69. The maximum Gasteiger partial charge on any atom is 0.209 e. The highest BCUT2D eigenvalue weighted by atomic mass is 16.5. The highest BCUT2D eigenvalue weighted by Crippen LogP contribution is 2.00. The van der Waals surface area contributed by atoms with Gasteiger partial charge in [0.25, 0.3) is 0 Å². The van der Waals surface area contributed by atoms with Crippen molar-refractivity contribution >= 4 is 5.90 Å². The van der Waals surface area contributed by atoms with Crippen LogP contribution in [0.15, 0.2) is 17.4 Å². The minimum Gasteiger partial charge on any atom is -0.483 e. The highest BCUT2D eigenvalue weighted by Gasteiger charge is 2.00. The van der Waals surface area contributed by atoms with Crippen molar-refractivity contribution in [3.8, 4) is 0 Å². The van der Waals surface area contributed by atoms with E-state index in [1.165, 1.54) is 0 Å². The van der Waals surface area contributed by atoms with E-state index in [0.29, 0.717) is 0 Å². The summed E-state index contributed by atoms with van der Waals surface area (Å²) in [6.07, 6.45) is 4.72. The molecule has 9 heavy (non-hydrogen) atoms. The summed E-state index contributed by atoms with van der Waals surface area (Å²) in [5, 5.41) is 5.77. The predicted molar refractivity (Wildman–Crippen MR) is 36.0 cm³/mol. The van der Waals surface area contributed by atoms with Crippen molar-refractivity contribution < 1.29 is 4.74 Å². The van der Waals surface area contributed by atoms with Gasteiger partial charge in [-0.1, -0.05) is 6.08 Å². The van der Waals surface area contributed by atoms with E-state index in [1.54, 1.807) is 12.1 Å². The lowest BCUT2D eigenvalue weighted by Crippen LogP contribution is -2.13. The summed E-state index contributed by atoms with van der Waals surface area (Å²) in [7, 11) is 3.50. The molecule has 50 valence electrons. The van der Waals surface area contributed by atoms with E-state index in [2.05, 4.69) is 5.10 Å². The number of hydrazone groups is 1. The molecule has 0 atom stereocenters. The first-order valence-electron chi connectivity index (χ1n) is 2.84. The van der Waals surface area contributed by atoms with E-state index in [0.717, 1.165) is 12.3 Å². The maximum atomic E-state index is 4.92. The molecule has 0 bridgehead atoms. The molecule has 1 rings (SSSR count). The van der Waals surface area contributed by atoms with E-state index in [-0.39, 0.29) is 0 Å². The average molecular weight is 126 g/mol. The number of nitrogens with zero attached hydrogens (tertiary/aromatic N) is 2. The van der Waals surface area contributed by atoms with Crippen LogP contribution >= 0.6 is 0 Å². The number of rotatable bonds is 0. The number of ether oxygens (including phenoxy) is 1. The summed E-state index contributed by atoms with van der Waals surface area (Å²) in [5.74, 6) is 0.764. The van der Waals surface area contributed by atoms with Gasteiger partial charge >= 0.3 is 0 Å². The standard InChI is InChI=1S/C6H10N2O/c1-8-5-3-4-6(7-8)9-2/h3,5H,4H2,1-2H3.